The van der Waals surface area contributed by atoms with Gasteiger partial charge in [-0.1, -0.05) is 45.5 Å². The quantitative estimate of drug-likeness (QED) is 0.158. The summed E-state index contributed by atoms with van der Waals surface area (Å²) in [5.41, 5.74) is 9.78. The molecule has 6 rings (SSSR count). The second-order valence-electron chi connectivity index (χ2n) is 12.0. The molecule has 2 aliphatic heterocycles. The lowest BCUT2D eigenvalue weighted by molar-refractivity contribution is 0.101. The highest BCUT2D eigenvalue weighted by atomic mass is 35.5. The zero-order valence-corrected chi connectivity index (χ0v) is 27.7. The fraction of sp³-hybridized carbons (Fsp3) is 0.371. The Morgan fingerprint density at radius 2 is 1.22 bits per heavy atom. The van der Waals surface area contributed by atoms with E-state index in [0.29, 0.717) is 29.3 Å². The van der Waals surface area contributed by atoms with E-state index in [4.69, 9.17) is 28.9 Å². The molecular weight excluding hydrogens is 693 g/mol. The number of anilines is 2. The maximum atomic E-state index is 13.2. The van der Waals surface area contributed by atoms with Gasteiger partial charge in [0.2, 0.25) is 0 Å². The highest BCUT2D eigenvalue weighted by Gasteiger charge is 2.31. The normalized spacial score (nSPS) is 16.4. The van der Waals surface area contributed by atoms with Crippen LogP contribution in [-0.2, 0) is 24.1 Å². The standard InChI is InChI=1S/C18H21ClFN3O2S.C14H13ClFN3O.3CH4/c1-18(2,3)26(25)22-14-8-9-23-15(14)6-7-16(23)17(24)21-11-4-5-13(20)12(19)10-11;15-9-7-8(1-2-10(9)16)18-14(20)13-4-3-12-11(17)5-6-19(12)13;;;/h4-7,10,14,22H,8-9H2,1-3H3,(H,21,24);1-4,7,11H,5-6,17H2,(H,18,20);3*1H4. The Kier molecular flexibility index (Phi) is 14.4. The minimum atomic E-state index is -1.19. The smallest absolute Gasteiger partial charge is 0.272 e. The molecule has 0 radical (unpaired) electrons. The molecular formula is C35H46Cl2F2N6O3S. The Labute approximate surface area is 300 Å². The van der Waals surface area contributed by atoms with E-state index in [1.54, 1.807) is 12.1 Å². The molecule has 49 heavy (non-hydrogen) atoms. The first-order valence-corrected chi connectivity index (χ1v) is 16.5. The van der Waals surface area contributed by atoms with E-state index in [1.165, 1.54) is 36.4 Å². The van der Waals surface area contributed by atoms with Crippen LogP contribution in [0.3, 0.4) is 0 Å². The van der Waals surface area contributed by atoms with Crippen molar-refractivity contribution in [3.8, 4) is 0 Å². The van der Waals surface area contributed by atoms with E-state index < -0.39 is 22.6 Å². The topological polar surface area (TPSA) is 123 Å². The Hall–Kier alpha value is -3.55. The first-order chi connectivity index (χ1) is 21.7. The second kappa shape index (κ2) is 16.9. The van der Waals surface area contributed by atoms with E-state index in [9.17, 15) is 22.6 Å². The molecule has 3 atom stereocenters. The summed E-state index contributed by atoms with van der Waals surface area (Å²) in [5, 5.41) is 5.37. The molecule has 0 spiro atoms. The van der Waals surface area contributed by atoms with Crippen molar-refractivity contribution in [3.05, 3.63) is 105 Å². The predicted molar refractivity (Wildman–Crippen MR) is 198 cm³/mol. The summed E-state index contributed by atoms with van der Waals surface area (Å²) >= 11 is 11.4. The summed E-state index contributed by atoms with van der Waals surface area (Å²) in [6, 6.07) is 15.3. The van der Waals surface area contributed by atoms with Crippen LogP contribution in [0.1, 0.15) is 100 Å². The van der Waals surface area contributed by atoms with Gasteiger partial charge in [0.25, 0.3) is 11.8 Å². The van der Waals surface area contributed by atoms with Crippen LogP contribution in [0.15, 0.2) is 60.7 Å². The van der Waals surface area contributed by atoms with E-state index in [0.717, 1.165) is 30.8 Å². The number of hydrogen-bond donors (Lipinski definition) is 4. The number of aromatic nitrogens is 2. The number of rotatable bonds is 6. The molecule has 0 aliphatic carbocycles. The highest BCUT2D eigenvalue weighted by molar-refractivity contribution is 7.84. The maximum absolute atomic E-state index is 13.2. The van der Waals surface area contributed by atoms with Crippen LogP contribution < -0.4 is 21.1 Å². The van der Waals surface area contributed by atoms with Gasteiger partial charge in [0.05, 0.1) is 31.8 Å². The van der Waals surface area contributed by atoms with E-state index in [2.05, 4.69) is 15.4 Å². The van der Waals surface area contributed by atoms with Crippen LogP contribution in [0.2, 0.25) is 10.0 Å². The average molecular weight is 740 g/mol. The Morgan fingerprint density at radius 1 is 0.776 bits per heavy atom. The average Bonchev–Trinajstić information content (AvgIpc) is 3.77. The molecule has 4 aromatic rings. The fourth-order valence-electron chi connectivity index (χ4n) is 5.28. The monoisotopic (exact) mass is 738 g/mol. The maximum Gasteiger partial charge on any atom is 0.272 e. The largest absolute Gasteiger partial charge is 0.339 e. The lowest BCUT2D eigenvalue weighted by Crippen LogP contribution is -2.35. The van der Waals surface area contributed by atoms with Gasteiger partial charge in [0, 0.05) is 41.9 Å². The van der Waals surface area contributed by atoms with E-state index in [-0.39, 0.29) is 61.0 Å². The van der Waals surface area contributed by atoms with Crippen LogP contribution in [0.5, 0.6) is 0 Å². The van der Waals surface area contributed by atoms with Crippen LogP contribution in [0.4, 0.5) is 20.2 Å². The number of carbonyl (C=O) groups excluding carboxylic acids is 2. The van der Waals surface area contributed by atoms with Crippen molar-refractivity contribution in [1.29, 1.82) is 0 Å². The number of hydrogen-bond acceptors (Lipinski definition) is 4. The van der Waals surface area contributed by atoms with Crippen molar-refractivity contribution in [3.63, 3.8) is 0 Å². The van der Waals surface area contributed by atoms with Crippen molar-refractivity contribution >= 4 is 57.4 Å². The van der Waals surface area contributed by atoms with Gasteiger partial charge in [-0.2, -0.15) is 0 Å². The molecule has 2 amide bonds. The minimum absolute atomic E-state index is 0. The molecule has 268 valence electrons. The van der Waals surface area contributed by atoms with Crippen LogP contribution >= 0.6 is 23.2 Å². The fourth-order valence-corrected chi connectivity index (χ4v) is 6.49. The summed E-state index contributed by atoms with van der Waals surface area (Å²) in [5.74, 6) is -1.60. The van der Waals surface area contributed by atoms with Gasteiger partial charge < -0.3 is 25.5 Å². The van der Waals surface area contributed by atoms with E-state index >= 15 is 0 Å². The number of amides is 2. The van der Waals surface area contributed by atoms with Gasteiger partial charge in [0.1, 0.15) is 23.0 Å². The number of benzene rings is 2. The number of halogens is 4. The number of nitrogens with one attached hydrogen (secondary N) is 3. The third-order valence-electron chi connectivity index (χ3n) is 7.70. The van der Waals surface area contributed by atoms with Crippen molar-refractivity contribution in [2.75, 3.05) is 10.6 Å². The molecule has 2 aromatic heterocycles. The SMILES string of the molecule is C.C.C.CC(C)(C)S(=O)NC1CCn2c(C(=O)Nc3ccc(F)c(Cl)c3)ccc21.NC1CCn2c(C(=O)Nc3ccc(F)c(Cl)c3)ccc21. The van der Waals surface area contributed by atoms with Gasteiger partial charge in [-0.25, -0.2) is 17.7 Å². The Morgan fingerprint density at radius 3 is 1.69 bits per heavy atom. The van der Waals surface area contributed by atoms with Crippen LogP contribution in [-0.4, -0.2) is 29.9 Å². The van der Waals surface area contributed by atoms with Gasteiger partial charge in [-0.15, -0.1) is 0 Å². The zero-order valence-electron chi connectivity index (χ0n) is 25.4. The third-order valence-corrected chi connectivity index (χ3v) is 9.89. The lowest BCUT2D eigenvalue weighted by Gasteiger charge is -2.21. The van der Waals surface area contributed by atoms with Crippen molar-refractivity contribution < 1.29 is 22.6 Å². The summed E-state index contributed by atoms with van der Waals surface area (Å²) in [6.45, 7) is 7.13. The third kappa shape index (κ3) is 9.37. The van der Waals surface area contributed by atoms with Gasteiger partial charge in [-0.3, -0.25) is 9.59 Å². The summed E-state index contributed by atoms with van der Waals surface area (Å²) in [4.78, 5) is 24.8. The molecule has 5 N–H and O–H groups in total. The number of carbonyl (C=O) groups is 2. The summed E-state index contributed by atoms with van der Waals surface area (Å²) < 4.78 is 45.3. The van der Waals surface area contributed by atoms with Gasteiger partial charge in [0.15, 0.2) is 0 Å². The molecule has 4 heterocycles. The Balaban J connectivity index is 0.000000329. The van der Waals surface area contributed by atoms with E-state index in [1.807, 2.05) is 42.0 Å². The first kappa shape index (κ1) is 41.6. The van der Waals surface area contributed by atoms with Crippen molar-refractivity contribution in [2.24, 2.45) is 5.73 Å². The van der Waals surface area contributed by atoms with Gasteiger partial charge >= 0.3 is 0 Å². The molecule has 0 saturated carbocycles. The molecule has 3 unspecified atom stereocenters. The molecule has 0 fully saturated rings. The zero-order chi connectivity index (χ0) is 33.3. The molecule has 0 saturated heterocycles. The van der Waals surface area contributed by atoms with Crippen LogP contribution in [0, 0.1) is 11.6 Å². The molecule has 9 nitrogen and oxygen atoms in total. The predicted octanol–water partition coefficient (Wildman–Crippen LogP) is 8.87. The number of fused-ring (bicyclic) bond motifs is 2. The minimum Gasteiger partial charge on any atom is -0.339 e. The van der Waals surface area contributed by atoms with Crippen LogP contribution in [0.25, 0.3) is 0 Å². The Bertz CT molecular complexity index is 1820. The molecule has 2 aromatic carbocycles. The first-order valence-electron chi connectivity index (χ1n) is 14.6. The summed E-state index contributed by atoms with van der Waals surface area (Å²) in [7, 11) is -1.19. The lowest BCUT2D eigenvalue weighted by atomic mass is 10.2. The molecule has 0 bridgehead atoms. The van der Waals surface area contributed by atoms with Gasteiger partial charge in [-0.05, 0) is 94.3 Å². The second-order valence-corrected chi connectivity index (χ2v) is 14.8. The number of nitrogens with two attached hydrogens (primary N) is 1. The highest BCUT2D eigenvalue weighted by Crippen LogP contribution is 2.31. The van der Waals surface area contributed by atoms with Crippen molar-refractivity contribution in [1.82, 2.24) is 13.9 Å². The molecule has 14 heteroatoms. The molecule has 2 aliphatic rings. The van der Waals surface area contributed by atoms with Crippen molar-refractivity contribution in [2.45, 2.75) is 85.8 Å². The number of nitrogens with zero attached hydrogens (tertiary/aromatic N) is 2. The summed E-state index contributed by atoms with van der Waals surface area (Å²) in [6.07, 6.45) is 1.60.